The summed E-state index contributed by atoms with van der Waals surface area (Å²) in [4.78, 5) is 32.1. The van der Waals surface area contributed by atoms with Gasteiger partial charge in [-0.2, -0.15) is 0 Å². The molecule has 0 radical (unpaired) electrons. The number of hydrazine groups is 1. The van der Waals surface area contributed by atoms with Crippen molar-refractivity contribution in [3.05, 3.63) is 60.2 Å². The van der Waals surface area contributed by atoms with Crippen LogP contribution in [0, 0.1) is 0 Å². The third-order valence-electron chi connectivity index (χ3n) is 4.41. The van der Waals surface area contributed by atoms with Gasteiger partial charge in [-0.05, 0) is 49.2 Å². The van der Waals surface area contributed by atoms with E-state index in [-0.39, 0.29) is 18.7 Å². The van der Waals surface area contributed by atoms with Gasteiger partial charge in [-0.15, -0.1) is 0 Å². The molecule has 0 saturated heterocycles. The van der Waals surface area contributed by atoms with Crippen molar-refractivity contribution in [2.24, 2.45) is 0 Å². The molecule has 174 valence electrons. The van der Waals surface area contributed by atoms with Gasteiger partial charge in [-0.25, -0.2) is 4.79 Å². The zero-order valence-corrected chi connectivity index (χ0v) is 18.5. The molecule has 32 heavy (non-hydrogen) atoms. The molecule has 5 N–H and O–H groups in total. The van der Waals surface area contributed by atoms with Crippen LogP contribution in [0.2, 0.25) is 0 Å². The summed E-state index contributed by atoms with van der Waals surface area (Å²) >= 11 is 0. The van der Waals surface area contributed by atoms with Crippen LogP contribution in [0.15, 0.2) is 54.6 Å². The second-order valence-electron chi connectivity index (χ2n) is 7.16. The number of carbonyl (C=O) groups excluding carboxylic acids is 1. The van der Waals surface area contributed by atoms with Gasteiger partial charge in [0.15, 0.2) is 0 Å². The number of para-hydroxylation sites is 1. The average Bonchev–Trinajstić information content (AvgIpc) is 2.79. The summed E-state index contributed by atoms with van der Waals surface area (Å²) in [5, 5.41) is 20.4. The summed E-state index contributed by atoms with van der Waals surface area (Å²) in [6.45, 7) is 3.14. The van der Waals surface area contributed by atoms with Crippen LogP contribution in [0.4, 0.5) is 11.4 Å². The molecular formula is C24H33N3O5. The predicted octanol–water partition coefficient (Wildman–Crippen LogP) is 4.76. The molecule has 8 nitrogen and oxygen atoms in total. The first-order chi connectivity index (χ1) is 15.4. The van der Waals surface area contributed by atoms with Gasteiger partial charge in [-0.3, -0.25) is 20.4 Å². The summed E-state index contributed by atoms with van der Waals surface area (Å²) < 4.78 is 0. The first-order valence-electron chi connectivity index (χ1n) is 10.8. The third kappa shape index (κ3) is 12.9. The van der Waals surface area contributed by atoms with Crippen LogP contribution >= 0.6 is 0 Å². The highest BCUT2D eigenvalue weighted by molar-refractivity contribution is 5.88. The second-order valence-corrected chi connectivity index (χ2v) is 7.16. The lowest BCUT2D eigenvalue weighted by Crippen LogP contribution is -2.29. The van der Waals surface area contributed by atoms with E-state index >= 15 is 0 Å². The van der Waals surface area contributed by atoms with Crippen molar-refractivity contribution in [2.75, 3.05) is 17.3 Å². The number of anilines is 2. The molecule has 2 rings (SSSR count). The van der Waals surface area contributed by atoms with Crippen LogP contribution in [0.3, 0.4) is 0 Å². The monoisotopic (exact) mass is 443 g/mol. The lowest BCUT2D eigenvalue weighted by atomic mass is 10.2. The molecule has 2 aromatic rings. The highest BCUT2D eigenvalue weighted by atomic mass is 16.4. The molecule has 2 aromatic carbocycles. The number of rotatable bonds is 13. The van der Waals surface area contributed by atoms with Crippen molar-refractivity contribution in [1.82, 2.24) is 5.43 Å². The summed E-state index contributed by atoms with van der Waals surface area (Å²) in [7, 11) is 0. The molecule has 0 heterocycles. The van der Waals surface area contributed by atoms with Gasteiger partial charge in [0.2, 0.25) is 5.91 Å². The van der Waals surface area contributed by atoms with E-state index in [2.05, 4.69) is 23.1 Å². The van der Waals surface area contributed by atoms with Crippen molar-refractivity contribution in [3.8, 4) is 0 Å². The Labute approximate surface area is 189 Å². The second kappa shape index (κ2) is 16.2. The number of carbonyl (C=O) groups is 3. The third-order valence-corrected chi connectivity index (χ3v) is 4.41. The standard InChI is InChI=1S/C13H19NO2.C11H14N2O3/c1-2-3-4-5-10-14-12-8-6-11(7-9-12)13(15)16;14-10(7-4-8-11(15)16)13-12-9-5-2-1-3-6-9/h6-9,14H,2-5,10H2,1H3,(H,15,16);1-3,5-6,12H,4,7-8H2,(H,13,14)(H,15,16). The average molecular weight is 444 g/mol. The zero-order valence-electron chi connectivity index (χ0n) is 18.5. The van der Waals surface area contributed by atoms with Crippen molar-refractivity contribution in [1.29, 1.82) is 0 Å². The molecule has 1 amide bonds. The van der Waals surface area contributed by atoms with Crippen LogP contribution in [-0.4, -0.2) is 34.6 Å². The first kappa shape index (κ1) is 26.5. The molecule has 0 unspecified atom stereocenters. The molecule has 0 aromatic heterocycles. The van der Waals surface area contributed by atoms with Crippen LogP contribution < -0.4 is 16.2 Å². The van der Waals surface area contributed by atoms with Gasteiger partial charge in [-0.1, -0.05) is 44.4 Å². The fourth-order valence-corrected chi connectivity index (χ4v) is 2.64. The van der Waals surface area contributed by atoms with Crippen molar-refractivity contribution in [3.63, 3.8) is 0 Å². The fourth-order valence-electron chi connectivity index (χ4n) is 2.64. The Balaban J connectivity index is 0.000000320. The fraction of sp³-hybridized carbons (Fsp3) is 0.375. The Bertz CT molecular complexity index is 810. The van der Waals surface area contributed by atoms with Gasteiger partial charge in [0.05, 0.1) is 11.3 Å². The summed E-state index contributed by atoms with van der Waals surface area (Å²) in [5.41, 5.74) is 7.33. The molecule has 0 saturated carbocycles. The van der Waals surface area contributed by atoms with Gasteiger partial charge >= 0.3 is 11.9 Å². The molecule has 0 bridgehead atoms. The van der Waals surface area contributed by atoms with E-state index in [1.807, 2.05) is 42.5 Å². The molecule has 0 atom stereocenters. The largest absolute Gasteiger partial charge is 0.481 e. The van der Waals surface area contributed by atoms with Gasteiger partial charge in [0.25, 0.3) is 0 Å². The van der Waals surface area contributed by atoms with Crippen molar-refractivity contribution in [2.45, 2.75) is 51.9 Å². The van der Waals surface area contributed by atoms with Crippen molar-refractivity contribution >= 4 is 29.2 Å². The first-order valence-corrected chi connectivity index (χ1v) is 10.8. The van der Waals surface area contributed by atoms with Crippen LogP contribution in [0.25, 0.3) is 0 Å². The lowest BCUT2D eigenvalue weighted by Gasteiger charge is -2.07. The zero-order chi connectivity index (χ0) is 23.6. The molecule has 0 aliphatic carbocycles. The van der Waals surface area contributed by atoms with E-state index in [4.69, 9.17) is 10.2 Å². The number of benzene rings is 2. The van der Waals surface area contributed by atoms with Gasteiger partial charge in [0.1, 0.15) is 0 Å². The number of aliphatic carboxylic acids is 1. The maximum atomic E-state index is 11.2. The minimum absolute atomic E-state index is 0.0127. The van der Waals surface area contributed by atoms with E-state index in [1.165, 1.54) is 19.3 Å². The van der Waals surface area contributed by atoms with E-state index in [0.29, 0.717) is 12.0 Å². The lowest BCUT2D eigenvalue weighted by molar-refractivity contribution is -0.137. The predicted molar refractivity (Wildman–Crippen MR) is 126 cm³/mol. The maximum Gasteiger partial charge on any atom is 0.335 e. The highest BCUT2D eigenvalue weighted by Crippen LogP contribution is 2.10. The summed E-state index contributed by atoms with van der Waals surface area (Å²) in [6.07, 6.45) is 5.49. The van der Waals surface area contributed by atoms with E-state index in [0.717, 1.165) is 24.3 Å². The Morgan fingerprint density at radius 1 is 0.781 bits per heavy atom. The quantitative estimate of drug-likeness (QED) is 0.223. The minimum Gasteiger partial charge on any atom is -0.481 e. The number of carboxylic acid groups (broad SMARTS) is 2. The maximum absolute atomic E-state index is 11.2. The molecule has 0 aliphatic rings. The molecule has 8 heteroatoms. The molecule has 0 spiro atoms. The molecular weight excluding hydrogens is 410 g/mol. The smallest absolute Gasteiger partial charge is 0.335 e. The summed E-state index contributed by atoms with van der Waals surface area (Å²) in [5.74, 6) is -1.98. The van der Waals surface area contributed by atoms with Gasteiger partial charge < -0.3 is 15.5 Å². The SMILES string of the molecule is CCCCCCNc1ccc(C(=O)O)cc1.O=C(O)CCCC(=O)NNc1ccccc1. The van der Waals surface area contributed by atoms with E-state index < -0.39 is 11.9 Å². The number of carboxylic acids is 2. The molecule has 0 aliphatic heterocycles. The Morgan fingerprint density at radius 2 is 1.47 bits per heavy atom. The number of hydrogen-bond donors (Lipinski definition) is 5. The Morgan fingerprint density at radius 3 is 2.06 bits per heavy atom. The number of unbranched alkanes of at least 4 members (excludes halogenated alkanes) is 3. The van der Waals surface area contributed by atoms with Crippen LogP contribution in [0.1, 0.15) is 62.2 Å². The Kier molecular flexibility index (Phi) is 13.4. The van der Waals surface area contributed by atoms with Crippen LogP contribution in [-0.2, 0) is 9.59 Å². The van der Waals surface area contributed by atoms with E-state index in [9.17, 15) is 14.4 Å². The minimum atomic E-state index is -0.885. The highest BCUT2D eigenvalue weighted by Gasteiger charge is 2.03. The topological polar surface area (TPSA) is 128 Å². The molecule has 0 fully saturated rings. The van der Waals surface area contributed by atoms with Crippen LogP contribution in [0.5, 0.6) is 0 Å². The number of nitrogens with one attached hydrogen (secondary N) is 3. The van der Waals surface area contributed by atoms with Crippen molar-refractivity contribution < 1.29 is 24.6 Å². The number of amides is 1. The number of hydrogen-bond acceptors (Lipinski definition) is 5. The van der Waals surface area contributed by atoms with E-state index in [1.54, 1.807) is 12.1 Å². The summed E-state index contributed by atoms with van der Waals surface area (Å²) in [6, 6.07) is 16.1. The van der Waals surface area contributed by atoms with Gasteiger partial charge in [0, 0.05) is 25.1 Å². The normalized spacial score (nSPS) is 9.78. The Hall–Kier alpha value is -3.55. The number of aromatic carboxylic acids is 1.